The summed E-state index contributed by atoms with van der Waals surface area (Å²) in [6, 6.07) is 6.60. The number of halogens is 3. The topological polar surface area (TPSA) is 61.8 Å². The van der Waals surface area contributed by atoms with Gasteiger partial charge in [0, 0.05) is 27.6 Å². The van der Waals surface area contributed by atoms with Gasteiger partial charge in [-0.2, -0.15) is 0 Å². The van der Waals surface area contributed by atoms with Crippen LogP contribution in [0.25, 0.3) is 20.2 Å². The molecule has 3 aromatic rings. The number of thiophene rings is 1. The highest BCUT2D eigenvalue weighted by atomic mass is 32.1. The van der Waals surface area contributed by atoms with Crippen LogP contribution in [0.5, 0.6) is 11.5 Å². The minimum atomic E-state index is -4.97. The van der Waals surface area contributed by atoms with E-state index in [0.29, 0.717) is 18.2 Å². The molecule has 3 rings (SSSR count). The lowest BCUT2D eigenvalue weighted by atomic mass is 10.0. The molecule has 1 heterocycles. The van der Waals surface area contributed by atoms with Gasteiger partial charge in [-0.1, -0.05) is 25.3 Å². The second-order valence-electron chi connectivity index (χ2n) is 6.75. The molecule has 0 aliphatic heterocycles. The lowest BCUT2D eigenvalue weighted by Gasteiger charge is -2.13. The maximum Gasteiger partial charge on any atom is 0.573 e. The van der Waals surface area contributed by atoms with E-state index < -0.39 is 24.1 Å². The third-order valence-electron chi connectivity index (χ3n) is 4.68. The summed E-state index contributed by atoms with van der Waals surface area (Å²) in [5.41, 5.74) is 1.89. The Labute approximate surface area is 185 Å². The third-order valence-corrected chi connectivity index (χ3v) is 6.02. The molecule has 9 heteroatoms. The van der Waals surface area contributed by atoms with Crippen molar-refractivity contribution in [3.05, 3.63) is 60.7 Å². The molecular formula is C23H19F3O5S. The first-order valence-corrected chi connectivity index (χ1v) is 10.3. The summed E-state index contributed by atoms with van der Waals surface area (Å²) >= 11 is 1.13. The normalized spacial score (nSPS) is 11.4. The smallest absolute Gasteiger partial charge is 0.463 e. The quantitative estimate of drug-likeness (QED) is 0.177. The standard InChI is InChI=1S/C23H19F3O5S/c1-4-18(27)29-12-6-7-14-8-9-15-16-10-11-17(30-19(28)5-2)20(31-23(24,25)26)22(16)32-21(15)13(14)3/h4-5,8-11H,1-2,6-7,12H2,3H3. The molecule has 2 aromatic carbocycles. The lowest BCUT2D eigenvalue weighted by molar-refractivity contribution is -0.274. The maximum absolute atomic E-state index is 13.1. The van der Waals surface area contributed by atoms with Gasteiger partial charge in [0.15, 0.2) is 11.5 Å². The summed E-state index contributed by atoms with van der Waals surface area (Å²) < 4.78 is 54.5. The number of carbonyl (C=O) groups is 2. The van der Waals surface area contributed by atoms with E-state index in [4.69, 9.17) is 9.47 Å². The summed E-state index contributed by atoms with van der Waals surface area (Å²) in [6.45, 7) is 8.71. The number of fused-ring (bicyclic) bond motifs is 3. The van der Waals surface area contributed by atoms with Crippen molar-refractivity contribution in [2.45, 2.75) is 26.1 Å². The van der Waals surface area contributed by atoms with Gasteiger partial charge in [0.05, 0.1) is 11.3 Å². The Balaban J connectivity index is 2.03. The number of aryl methyl sites for hydroxylation is 2. The molecular weight excluding hydrogens is 445 g/mol. The van der Waals surface area contributed by atoms with Crippen molar-refractivity contribution in [3.63, 3.8) is 0 Å². The first kappa shape index (κ1) is 23.3. The maximum atomic E-state index is 13.1. The summed E-state index contributed by atoms with van der Waals surface area (Å²) in [4.78, 5) is 22.7. The second kappa shape index (κ2) is 9.44. The molecule has 0 amide bonds. The third kappa shape index (κ3) is 5.11. The van der Waals surface area contributed by atoms with Crippen molar-refractivity contribution in [3.8, 4) is 11.5 Å². The fourth-order valence-electron chi connectivity index (χ4n) is 3.24. The number of rotatable bonds is 8. The van der Waals surface area contributed by atoms with Crippen LogP contribution in [0, 0.1) is 6.92 Å². The van der Waals surface area contributed by atoms with Gasteiger partial charge in [-0.15, -0.1) is 24.5 Å². The highest BCUT2D eigenvalue weighted by molar-refractivity contribution is 7.26. The molecule has 0 N–H and O–H groups in total. The SMILES string of the molecule is C=CC(=O)OCCCc1ccc2c(sc3c(OC(F)(F)F)c(OC(=O)C=C)ccc32)c1C. The molecule has 0 atom stereocenters. The van der Waals surface area contributed by atoms with Gasteiger partial charge in [0.25, 0.3) is 0 Å². The zero-order valence-electron chi connectivity index (χ0n) is 17.1. The molecule has 1 aromatic heterocycles. The van der Waals surface area contributed by atoms with Gasteiger partial charge in [0.2, 0.25) is 0 Å². The predicted molar refractivity (Wildman–Crippen MR) is 116 cm³/mol. The molecule has 5 nitrogen and oxygen atoms in total. The molecule has 0 aliphatic rings. The number of benzene rings is 2. The summed E-state index contributed by atoms with van der Waals surface area (Å²) in [5, 5.41) is 1.31. The molecule has 0 aliphatic carbocycles. The van der Waals surface area contributed by atoms with Gasteiger partial charge < -0.3 is 14.2 Å². The first-order valence-electron chi connectivity index (χ1n) is 9.51. The number of hydrogen-bond acceptors (Lipinski definition) is 6. The van der Waals surface area contributed by atoms with E-state index in [0.717, 1.165) is 44.7 Å². The first-order chi connectivity index (χ1) is 15.1. The van der Waals surface area contributed by atoms with Crippen LogP contribution in [-0.2, 0) is 20.7 Å². The van der Waals surface area contributed by atoms with Gasteiger partial charge in [-0.05, 0) is 43.0 Å². The average molecular weight is 464 g/mol. The number of ether oxygens (including phenoxy) is 3. The number of alkyl halides is 3. The largest absolute Gasteiger partial charge is 0.573 e. The highest BCUT2D eigenvalue weighted by Gasteiger charge is 2.34. The zero-order valence-corrected chi connectivity index (χ0v) is 17.9. The Morgan fingerprint density at radius 1 is 1.03 bits per heavy atom. The Bertz CT molecular complexity index is 1210. The Hall–Kier alpha value is -3.33. The van der Waals surface area contributed by atoms with Gasteiger partial charge in [-0.25, -0.2) is 9.59 Å². The van der Waals surface area contributed by atoms with Crippen molar-refractivity contribution in [2.75, 3.05) is 6.61 Å². The Morgan fingerprint density at radius 2 is 1.69 bits per heavy atom. The second-order valence-corrected chi connectivity index (χ2v) is 7.77. The fraction of sp³-hybridized carbons (Fsp3) is 0.217. The molecule has 0 bridgehead atoms. The Kier molecular flexibility index (Phi) is 6.88. The number of esters is 2. The molecule has 0 saturated heterocycles. The van der Waals surface area contributed by atoms with Crippen LogP contribution in [0.15, 0.2) is 49.6 Å². The Morgan fingerprint density at radius 3 is 2.34 bits per heavy atom. The zero-order chi connectivity index (χ0) is 23.5. The number of carbonyl (C=O) groups excluding carboxylic acids is 2. The van der Waals surface area contributed by atoms with Crippen molar-refractivity contribution < 1.29 is 37.0 Å². The molecule has 0 saturated carbocycles. The van der Waals surface area contributed by atoms with Gasteiger partial charge >= 0.3 is 18.3 Å². The summed E-state index contributed by atoms with van der Waals surface area (Å²) in [7, 11) is 0. The van der Waals surface area contributed by atoms with E-state index in [2.05, 4.69) is 17.9 Å². The predicted octanol–water partition coefficient (Wildman–Crippen LogP) is 6.01. The van der Waals surface area contributed by atoms with E-state index in [9.17, 15) is 22.8 Å². The molecule has 0 radical (unpaired) electrons. The van der Waals surface area contributed by atoms with E-state index in [-0.39, 0.29) is 17.1 Å². The van der Waals surface area contributed by atoms with Crippen LogP contribution in [0.1, 0.15) is 17.5 Å². The van der Waals surface area contributed by atoms with Gasteiger partial charge in [0.1, 0.15) is 0 Å². The minimum Gasteiger partial charge on any atom is -0.463 e. The van der Waals surface area contributed by atoms with Crippen LogP contribution < -0.4 is 9.47 Å². The van der Waals surface area contributed by atoms with Crippen LogP contribution in [0.2, 0.25) is 0 Å². The van der Waals surface area contributed by atoms with Crippen LogP contribution in [-0.4, -0.2) is 24.9 Å². The minimum absolute atomic E-state index is 0.215. The van der Waals surface area contributed by atoms with E-state index in [1.165, 1.54) is 6.07 Å². The van der Waals surface area contributed by atoms with Crippen molar-refractivity contribution in [1.82, 2.24) is 0 Å². The summed E-state index contributed by atoms with van der Waals surface area (Å²) in [6.07, 6.45) is -1.82. The fourth-order valence-corrected chi connectivity index (χ4v) is 4.54. The molecule has 0 spiro atoms. The van der Waals surface area contributed by atoms with Crippen LogP contribution in [0.3, 0.4) is 0 Å². The van der Waals surface area contributed by atoms with E-state index in [1.807, 2.05) is 19.1 Å². The average Bonchev–Trinajstić information content (AvgIpc) is 3.13. The highest BCUT2D eigenvalue weighted by Crippen LogP contribution is 2.47. The van der Waals surface area contributed by atoms with Crippen molar-refractivity contribution in [2.24, 2.45) is 0 Å². The van der Waals surface area contributed by atoms with Gasteiger partial charge in [-0.3, -0.25) is 0 Å². The summed E-state index contributed by atoms with van der Waals surface area (Å²) in [5.74, 6) is -2.29. The van der Waals surface area contributed by atoms with Crippen LogP contribution >= 0.6 is 11.3 Å². The molecule has 0 unspecified atom stereocenters. The van der Waals surface area contributed by atoms with Crippen molar-refractivity contribution in [1.29, 1.82) is 0 Å². The molecule has 168 valence electrons. The molecule has 0 fully saturated rings. The number of hydrogen-bond donors (Lipinski definition) is 0. The van der Waals surface area contributed by atoms with E-state index in [1.54, 1.807) is 6.07 Å². The van der Waals surface area contributed by atoms with Crippen molar-refractivity contribution >= 4 is 43.4 Å². The lowest BCUT2D eigenvalue weighted by Crippen LogP contribution is -2.18. The van der Waals surface area contributed by atoms with E-state index >= 15 is 0 Å². The monoisotopic (exact) mass is 464 g/mol. The van der Waals surface area contributed by atoms with Crippen LogP contribution in [0.4, 0.5) is 13.2 Å². The molecule has 32 heavy (non-hydrogen) atoms.